The number of hydrogen-bond acceptors (Lipinski definition) is 3. The summed E-state index contributed by atoms with van der Waals surface area (Å²) in [6.07, 6.45) is 0.0549. The maximum atomic E-state index is 12.2. The quantitative estimate of drug-likeness (QED) is 0.713. The molecule has 6 heteroatoms. The van der Waals surface area contributed by atoms with Crippen molar-refractivity contribution in [1.29, 1.82) is 0 Å². The van der Waals surface area contributed by atoms with Crippen LogP contribution < -0.4 is 10.6 Å². The normalized spacial score (nSPS) is 14.4. The van der Waals surface area contributed by atoms with Crippen molar-refractivity contribution in [2.75, 3.05) is 0 Å². The van der Waals surface area contributed by atoms with E-state index in [1.54, 1.807) is 13.8 Å². The number of carbonyl (C=O) groups is 3. The molecule has 2 amide bonds. The van der Waals surface area contributed by atoms with Crippen LogP contribution in [0.5, 0.6) is 0 Å². The molecule has 23 heavy (non-hydrogen) atoms. The Hall–Kier alpha value is -2.37. The Kier molecular flexibility index (Phi) is 6.75. The van der Waals surface area contributed by atoms with Gasteiger partial charge in [0, 0.05) is 13.0 Å². The van der Waals surface area contributed by atoms with Crippen LogP contribution >= 0.6 is 0 Å². The largest absolute Gasteiger partial charge is 0.481 e. The summed E-state index contributed by atoms with van der Waals surface area (Å²) >= 11 is 0. The smallest absolute Gasteiger partial charge is 0.308 e. The van der Waals surface area contributed by atoms with Crippen molar-refractivity contribution in [2.45, 2.75) is 46.2 Å². The summed E-state index contributed by atoms with van der Waals surface area (Å²) < 4.78 is 0. The molecule has 0 fully saturated rings. The Labute approximate surface area is 136 Å². The fraction of sp³-hybridized carbons (Fsp3) is 0.471. The number of carboxylic acid groups (broad SMARTS) is 1. The molecule has 3 N–H and O–H groups in total. The van der Waals surface area contributed by atoms with E-state index in [2.05, 4.69) is 10.6 Å². The number of nitrogens with one attached hydrogen (secondary N) is 2. The first-order chi connectivity index (χ1) is 10.7. The highest BCUT2D eigenvalue weighted by atomic mass is 16.4. The van der Waals surface area contributed by atoms with Gasteiger partial charge in [-0.25, -0.2) is 0 Å². The first-order valence-electron chi connectivity index (χ1n) is 7.56. The SMILES string of the molecule is CC(=O)NC(CC(=O)NC(C)C(C)C(=O)O)c1ccc(C)cc1. The lowest BCUT2D eigenvalue weighted by atomic mass is 10.0. The summed E-state index contributed by atoms with van der Waals surface area (Å²) in [6.45, 7) is 6.54. The van der Waals surface area contributed by atoms with Crippen molar-refractivity contribution in [2.24, 2.45) is 5.92 Å². The van der Waals surface area contributed by atoms with Crippen LogP contribution in [0.3, 0.4) is 0 Å². The number of carboxylic acids is 1. The highest BCUT2D eigenvalue weighted by Gasteiger charge is 2.23. The predicted octanol–water partition coefficient (Wildman–Crippen LogP) is 1.79. The van der Waals surface area contributed by atoms with Crippen LogP contribution in [0.2, 0.25) is 0 Å². The molecular formula is C17H24N2O4. The molecule has 3 unspecified atom stereocenters. The molecule has 6 nitrogen and oxygen atoms in total. The summed E-state index contributed by atoms with van der Waals surface area (Å²) in [5.74, 6) is -2.17. The molecule has 3 atom stereocenters. The molecule has 0 aliphatic rings. The lowest BCUT2D eigenvalue weighted by Crippen LogP contribution is -2.41. The van der Waals surface area contributed by atoms with Crippen molar-refractivity contribution in [3.63, 3.8) is 0 Å². The Morgan fingerprint density at radius 2 is 1.65 bits per heavy atom. The van der Waals surface area contributed by atoms with E-state index in [4.69, 9.17) is 5.11 Å². The summed E-state index contributed by atoms with van der Waals surface area (Å²) in [6, 6.07) is 6.63. The van der Waals surface area contributed by atoms with Gasteiger partial charge in [-0.1, -0.05) is 29.8 Å². The standard InChI is InChI=1S/C17H24N2O4/c1-10-5-7-14(8-6-10)15(19-13(4)20)9-16(21)18-12(3)11(2)17(22)23/h5-8,11-12,15H,9H2,1-4H3,(H,18,21)(H,19,20)(H,22,23). The Bertz CT molecular complexity index is 568. The molecule has 1 aromatic rings. The molecule has 0 aliphatic heterocycles. The first kappa shape index (κ1) is 18.7. The molecule has 1 rings (SSSR count). The highest BCUT2D eigenvalue weighted by molar-refractivity contribution is 5.80. The van der Waals surface area contributed by atoms with Crippen LogP contribution in [-0.2, 0) is 14.4 Å². The minimum atomic E-state index is -0.963. The maximum absolute atomic E-state index is 12.2. The molecule has 0 bridgehead atoms. The molecule has 1 aromatic carbocycles. The van der Waals surface area contributed by atoms with Crippen LogP contribution in [0.4, 0.5) is 0 Å². The second kappa shape index (κ2) is 8.31. The van der Waals surface area contributed by atoms with Crippen molar-refractivity contribution in [3.05, 3.63) is 35.4 Å². The Morgan fingerprint density at radius 3 is 2.13 bits per heavy atom. The number of aliphatic carboxylic acids is 1. The molecule has 0 heterocycles. The number of carbonyl (C=O) groups excluding carboxylic acids is 2. The molecule has 0 aromatic heterocycles. The van der Waals surface area contributed by atoms with Gasteiger partial charge in [-0.3, -0.25) is 14.4 Å². The predicted molar refractivity (Wildman–Crippen MR) is 86.8 cm³/mol. The van der Waals surface area contributed by atoms with Crippen LogP contribution in [0.1, 0.15) is 44.4 Å². The minimum absolute atomic E-state index is 0.0549. The van der Waals surface area contributed by atoms with E-state index in [9.17, 15) is 14.4 Å². The zero-order valence-electron chi connectivity index (χ0n) is 13.9. The summed E-state index contributed by atoms with van der Waals surface area (Å²) in [4.78, 5) is 34.5. The molecule has 126 valence electrons. The lowest BCUT2D eigenvalue weighted by Gasteiger charge is -2.21. The van der Waals surface area contributed by atoms with E-state index >= 15 is 0 Å². The Morgan fingerprint density at radius 1 is 1.09 bits per heavy atom. The summed E-state index contributed by atoms with van der Waals surface area (Å²) in [5.41, 5.74) is 1.92. The fourth-order valence-corrected chi connectivity index (χ4v) is 2.13. The van der Waals surface area contributed by atoms with Gasteiger partial charge in [0.2, 0.25) is 11.8 Å². The van der Waals surface area contributed by atoms with Crippen molar-refractivity contribution in [3.8, 4) is 0 Å². The second-order valence-corrected chi connectivity index (χ2v) is 5.85. The molecule has 0 saturated carbocycles. The third kappa shape index (κ3) is 6.10. The molecular weight excluding hydrogens is 296 g/mol. The van der Waals surface area contributed by atoms with Crippen molar-refractivity contribution >= 4 is 17.8 Å². The van der Waals surface area contributed by atoms with Gasteiger partial charge >= 0.3 is 5.97 Å². The van der Waals surface area contributed by atoms with Gasteiger partial charge in [-0.15, -0.1) is 0 Å². The van der Waals surface area contributed by atoms with E-state index in [0.717, 1.165) is 11.1 Å². The number of rotatable bonds is 7. The number of amides is 2. The van der Waals surface area contributed by atoms with Crippen LogP contribution in [0, 0.1) is 12.8 Å². The van der Waals surface area contributed by atoms with Gasteiger partial charge < -0.3 is 15.7 Å². The van der Waals surface area contributed by atoms with Crippen LogP contribution in [0.25, 0.3) is 0 Å². The molecule has 0 spiro atoms. The fourth-order valence-electron chi connectivity index (χ4n) is 2.13. The number of benzene rings is 1. The van der Waals surface area contributed by atoms with E-state index in [1.165, 1.54) is 6.92 Å². The van der Waals surface area contributed by atoms with Gasteiger partial charge in [0.05, 0.1) is 18.4 Å². The maximum Gasteiger partial charge on any atom is 0.308 e. The number of aryl methyl sites for hydroxylation is 1. The zero-order chi connectivity index (χ0) is 17.6. The minimum Gasteiger partial charge on any atom is -0.481 e. The van der Waals surface area contributed by atoms with Crippen LogP contribution in [-0.4, -0.2) is 28.9 Å². The van der Waals surface area contributed by atoms with E-state index in [1.807, 2.05) is 31.2 Å². The number of hydrogen-bond donors (Lipinski definition) is 3. The Balaban J connectivity index is 2.77. The topological polar surface area (TPSA) is 95.5 Å². The third-order valence-electron chi connectivity index (χ3n) is 3.77. The zero-order valence-corrected chi connectivity index (χ0v) is 13.9. The second-order valence-electron chi connectivity index (χ2n) is 5.85. The average molecular weight is 320 g/mol. The summed E-state index contributed by atoms with van der Waals surface area (Å²) in [7, 11) is 0. The third-order valence-corrected chi connectivity index (χ3v) is 3.77. The van der Waals surface area contributed by atoms with E-state index in [-0.39, 0.29) is 18.2 Å². The monoisotopic (exact) mass is 320 g/mol. The van der Waals surface area contributed by atoms with Crippen LogP contribution in [0.15, 0.2) is 24.3 Å². The molecule has 0 radical (unpaired) electrons. The van der Waals surface area contributed by atoms with E-state index < -0.39 is 24.0 Å². The lowest BCUT2D eigenvalue weighted by molar-refractivity contribution is -0.142. The first-order valence-corrected chi connectivity index (χ1v) is 7.56. The van der Waals surface area contributed by atoms with Gasteiger partial charge in [0.25, 0.3) is 0 Å². The molecule has 0 aliphatic carbocycles. The van der Waals surface area contributed by atoms with Crippen molar-refractivity contribution < 1.29 is 19.5 Å². The highest BCUT2D eigenvalue weighted by Crippen LogP contribution is 2.18. The molecule has 0 saturated heterocycles. The van der Waals surface area contributed by atoms with Gasteiger partial charge in [0.1, 0.15) is 0 Å². The van der Waals surface area contributed by atoms with E-state index in [0.29, 0.717) is 0 Å². The van der Waals surface area contributed by atoms with Gasteiger partial charge in [-0.2, -0.15) is 0 Å². The van der Waals surface area contributed by atoms with Gasteiger partial charge in [0.15, 0.2) is 0 Å². The summed E-state index contributed by atoms with van der Waals surface area (Å²) in [5, 5.41) is 14.4. The van der Waals surface area contributed by atoms with Gasteiger partial charge in [-0.05, 0) is 26.3 Å². The average Bonchev–Trinajstić information content (AvgIpc) is 2.45. The van der Waals surface area contributed by atoms with Crippen molar-refractivity contribution in [1.82, 2.24) is 10.6 Å².